The maximum Gasteiger partial charge on any atom is 0.246 e. The SMILES string of the molecule is NC(=S)Nc1ccc(CNC(=O)[C@]23C[C@H]2CCN3C(=O)[C@@H](CC2CCCCC2)NCc2ccccc2)cc1. The molecule has 1 aliphatic heterocycles. The van der Waals surface area contributed by atoms with Gasteiger partial charge in [-0.3, -0.25) is 9.59 Å². The standard InChI is InChI=1S/C30H39N5O2S/c31-29(38)34-25-13-11-23(12-14-25)20-33-28(37)30-18-24(30)15-16-35(30)27(36)26(17-21-7-3-1-4-8-21)32-19-22-9-5-2-6-10-22/h2,5-6,9-14,21,24,26,32H,1,3-4,7-8,15-20H2,(H,33,37)(H3,31,34,38)/t24-,26-,30+/m1/s1. The molecule has 38 heavy (non-hydrogen) atoms. The number of nitrogens with zero attached hydrogens (tertiary/aromatic N) is 1. The molecule has 2 aromatic rings. The average molecular weight is 534 g/mol. The Morgan fingerprint density at radius 2 is 1.68 bits per heavy atom. The number of carbonyl (C=O) groups excluding carboxylic acids is 2. The Hall–Kier alpha value is -2.97. The zero-order valence-electron chi connectivity index (χ0n) is 22.0. The zero-order chi connectivity index (χ0) is 26.5. The van der Waals surface area contributed by atoms with Crippen LogP contribution in [0.3, 0.4) is 0 Å². The smallest absolute Gasteiger partial charge is 0.246 e. The second-order valence-corrected chi connectivity index (χ2v) is 11.6. The third-order valence-electron chi connectivity index (χ3n) is 8.58. The van der Waals surface area contributed by atoms with Crippen LogP contribution in [-0.2, 0) is 22.7 Å². The summed E-state index contributed by atoms with van der Waals surface area (Å²) < 4.78 is 0. The minimum Gasteiger partial charge on any atom is -0.376 e. The molecule has 202 valence electrons. The molecule has 2 aliphatic carbocycles. The number of rotatable bonds is 10. The number of likely N-dealkylation sites (tertiary alicyclic amines) is 1. The van der Waals surface area contributed by atoms with E-state index in [0.29, 0.717) is 25.6 Å². The third kappa shape index (κ3) is 6.02. The summed E-state index contributed by atoms with van der Waals surface area (Å²) >= 11 is 4.88. The molecule has 2 saturated carbocycles. The number of nitrogens with one attached hydrogen (secondary N) is 3. The molecule has 0 bridgehead atoms. The molecular weight excluding hydrogens is 494 g/mol. The van der Waals surface area contributed by atoms with E-state index in [-0.39, 0.29) is 28.9 Å². The van der Waals surface area contributed by atoms with Gasteiger partial charge in [0, 0.05) is 25.3 Å². The number of piperidine rings is 1. The van der Waals surface area contributed by atoms with E-state index in [1.54, 1.807) is 0 Å². The van der Waals surface area contributed by atoms with Crippen molar-refractivity contribution < 1.29 is 9.59 Å². The van der Waals surface area contributed by atoms with E-state index in [9.17, 15) is 9.59 Å². The Balaban J connectivity index is 1.24. The lowest BCUT2D eigenvalue weighted by atomic mass is 9.84. The normalized spacial score (nSPS) is 23.4. The van der Waals surface area contributed by atoms with Crippen molar-refractivity contribution in [2.45, 2.75) is 76.0 Å². The van der Waals surface area contributed by atoms with Crippen LogP contribution in [0.15, 0.2) is 54.6 Å². The highest BCUT2D eigenvalue weighted by Gasteiger charge is 2.68. The number of carbonyl (C=O) groups is 2. The fourth-order valence-electron chi connectivity index (χ4n) is 6.42. The van der Waals surface area contributed by atoms with Gasteiger partial charge in [0.25, 0.3) is 0 Å². The first-order chi connectivity index (χ1) is 18.5. The predicted molar refractivity (Wildman–Crippen MR) is 154 cm³/mol. The molecule has 3 aliphatic rings. The van der Waals surface area contributed by atoms with Crippen LogP contribution in [0.4, 0.5) is 5.69 Å². The molecule has 2 aromatic carbocycles. The van der Waals surface area contributed by atoms with E-state index in [0.717, 1.165) is 30.5 Å². The highest BCUT2D eigenvalue weighted by Crippen LogP contribution is 2.56. The minimum atomic E-state index is -0.691. The second kappa shape index (κ2) is 11.8. The molecule has 0 radical (unpaired) electrons. The van der Waals surface area contributed by atoms with Gasteiger partial charge in [-0.05, 0) is 66.6 Å². The van der Waals surface area contributed by atoms with Gasteiger partial charge in [0.1, 0.15) is 5.54 Å². The molecule has 5 N–H and O–H groups in total. The number of thiocarbonyl (C=S) groups is 1. The molecule has 0 aromatic heterocycles. The number of nitrogens with two attached hydrogens (primary N) is 1. The zero-order valence-corrected chi connectivity index (χ0v) is 22.8. The highest BCUT2D eigenvalue weighted by atomic mass is 32.1. The monoisotopic (exact) mass is 533 g/mol. The van der Waals surface area contributed by atoms with Crippen LogP contribution in [0.25, 0.3) is 0 Å². The molecule has 5 rings (SSSR count). The van der Waals surface area contributed by atoms with Crippen LogP contribution in [-0.4, -0.2) is 40.0 Å². The molecule has 2 amide bonds. The van der Waals surface area contributed by atoms with Crippen molar-refractivity contribution in [3.63, 3.8) is 0 Å². The summed E-state index contributed by atoms with van der Waals surface area (Å²) in [6.07, 6.45) is 8.67. The van der Waals surface area contributed by atoms with Crippen LogP contribution < -0.4 is 21.7 Å². The first-order valence-electron chi connectivity index (χ1n) is 14.0. The number of fused-ring (bicyclic) bond motifs is 1. The van der Waals surface area contributed by atoms with Crippen LogP contribution >= 0.6 is 12.2 Å². The molecule has 3 atom stereocenters. The minimum absolute atomic E-state index is 0.0295. The maximum absolute atomic E-state index is 14.0. The summed E-state index contributed by atoms with van der Waals surface area (Å²) in [5.41, 5.74) is 7.81. The Kier molecular flexibility index (Phi) is 8.29. The lowest BCUT2D eigenvalue weighted by Crippen LogP contribution is -2.55. The molecular formula is C30H39N5O2S. The summed E-state index contributed by atoms with van der Waals surface area (Å²) in [5, 5.41) is 9.83. The maximum atomic E-state index is 14.0. The average Bonchev–Trinajstić information content (AvgIpc) is 3.55. The van der Waals surface area contributed by atoms with Gasteiger partial charge in [-0.2, -0.15) is 0 Å². The number of benzene rings is 2. The van der Waals surface area contributed by atoms with Crippen molar-refractivity contribution in [2.75, 3.05) is 11.9 Å². The Morgan fingerprint density at radius 1 is 0.974 bits per heavy atom. The van der Waals surface area contributed by atoms with Gasteiger partial charge in [0.15, 0.2) is 5.11 Å². The summed E-state index contributed by atoms with van der Waals surface area (Å²) in [5.74, 6) is 0.885. The van der Waals surface area contributed by atoms with Crippen LogP contribution in [0.1, 0.15) is 62.5 Å². The lowest BCUT2D eigenvalue weighted by Gasteiger charge is -2.33. The highest BCUT2D eigenvalue weighted by molar-refractivity contribution is 7.80. The van der Waals surface area contributed by atoms with Crippen LogP contribution in [0, 0.1) is 11.8 Å². The Labute approximate surface area is 230 Å². The molecule has 1 saturated heterocycles. The largest absolute Gasteiger partial charge is 0.376 e. The van der Waals surface area contributed by atoms with Gasteiger partial charge in [-0.25, -0.2) is 0 Å². The molecule has 8 heteroatoms. The number of amides is 2. The van der Waals surface area contributed by atoms with Gasteiger partial charge in [-0.15, -0.1) is 0 Å². The summed E-state index contributed by atoms with van der Waals surface area (Å²) in [6.45, 7) is 1.73. The summed E-state index contributed by atoms with van der Waals surface area (Å²) in [4.78, 5) is 29.5. The van der Waals surface area contributed by atoms with Crippen LogP contribution in [0.2, 0.25) is 0 Å². The van der Waals surface area contributed by atoms with Crippen molar-refractivity contribution >= 4 is 34.8 Å². The first kappa shape index (κ1) is 26.6. The topological polar surface area (TPSA) is 99.5 Å². The van der Waals surface area contributed by atoms with Crippen molar-refractivity contribution in [1.29, 1.82) is 0 Å². The Morgan fingerprint density at radius 3 is 2.37 bits per heavy atom. The van der Waals surface area contributed by atoms with Crippen LogP contribution in [0.5, 0.6) is 0 Å². The molecule has 3 fully saturated rings. The van der Waals surface area contributed by atoms with Crippen molar-refractivity contribution in [2.24, 2.45) is 17.6 Å². The van der Waals surface area contributed by atoms with E-state index in [2.05, 4.69) is 28.1 Å². The van der Waals surface area contributed by atoms with Crippen molar-refractivity contribution in [1.82, 2.24) is 15.5 Å². The first-order valence-corrected chi connectivity index (χ1v) is 14.4. The number of hydrogen-bond donors (Lipinski definition) is 4. The van der Waals surface area contributed by atoms with Gasteiger partial charge in [-0.1, -0.05) is 74.6 Å². The second-order valence-electron chi connectivity index (χ2n) is 11.1. The van der Waals surface area contributed by atoms with Crippen molar-refractivity contribution in [3.05, 3.63) is 65.7 Å². The van der Waals surface area contributed by atoms with Crippen molar-refractivity contribution in [3.8, 4) is 0 Å². The van der Waals surface area contributed by atoms with E-state index in [1.165, 1.54) is 37.7 Å². The summed E-state index contributed by atoms with van der Waals surface area (Å²) in [6, 6.07) is 17.6. The third-order valence-corrected chi connectivity index (χ3v) is 8.68. The van der Waals surface area contributed by atoms with E-state index in [1.807, 2.05) is 47.4 Å². The molecule has 0 unspecified atom stereocenters. The molecule has 0 spiro atoms. The predicted octanol–water partition coefficient (Wildman–Crippen LogP) is 4.08. The van der Waals surface area contributed by atoms with E-state index < -0.39 is 5.54 Å². The lowest BCUT2D eigenvalue weighted by molar-refractivity contribution is -0.143. The van der Waals surface area contributed by atoms with Gasteiger partial charge >= 0.3 is 0 Å². The van der Waals surface area contributed by atoms with Gasteiger partial charge in [0.05, 0.1) is 6.04 Å². The van der Waals surface area contributed by atoms with Gasteiger partial charge < -0.3 is 26.6 Å². The Bertz CT molecular complexity index is 1140. The van der Waals surface area contributed by atoms with Gasteiger partial charge in [0.2, 0.25) is 11.8 Å². The fourth-order valence-corrected chi connectivity index (χ4v) is 6.53. The molecule has 7 nitrogen and oxygen atoms in total. The molecule has 1 heterocycles. The van der Waals surface area contributed by atoms with E-state index >= 15 is 0 Å². The quantitative estimate of drug-likeness (QED) is 0.344. The summed E-state index contributed by atoms with van der Waals surface area (Å²) in [7, 11) is 0. The fraction of sp³-hybridized carbons (Fsp3) is 0.500. The number of hydrogen-bond acceptors (Lipinski definition) is 4. The van der Waals surface area contributed by atoms with E-state index in [4.69, 9.17) is 18.0 Å². The number of anilines is 1.